The molecule has 0 spiro atoms. The normalized spacial score (nSPS) is 16.5. The van der Waals surface area contributed by atoms with Crippen molar-refractivity contribution in [3.05, 3.63) is 16.5 Å². The highest BCUT2D eigenvalue weighted by Crippen LogP contribution is 2.29. The van der Waals surface area contributed by atoms with E-state index in [-0.39, 0.29) is 0 Å². The topological polar surface area (TPSA) is 58.2 Å². The fraction of sp³-hybridized carbons (Fsp3) is 0.692. The second-order valence-corrected chi connectivity index (χ2v) is 8.32. The van der Waals surface area contributed by atoms with E-state index in [4.69, 9.17) is 0 Å². The van der Waals surface area contributed by atoms with Gasteiger partial charge in [-0.2, -0.15) is 0 Å². The van der Waals surface area contributed by atoms with Crippen LogP contribution in [0.3, 0.4) is 0 Å². The van der Waals surface area contributed by atoms with Gasteiger partial charge in [0.05, 0.1) is 0 Å². The molecule has 1 aliphatic carbocycles. The van der Waals surface area contributed by atoms with Crippen molar-refractivity contribution in [2.24, 2.45) is 5.92 Å². The Balaban J connectivity index is 1.95. The number of aryl methyl sites for hydroxylation is 1. The van der Waals surface area contributed by atoms with Gasteiger partial charge in [0.2, 0.25) is 10.0 Å². The minimum Gasteiger partial charge on any atom is -0.315 e. The summed E-state index contributed by atoms with van der Waals surface area (Å²) in [6, 6.07) is 1.77. The molecule has 0 bridgehead atoms. The maximum atomic E-state index is 12.2. The third-order valence-electron chi connectivity index (χ3n) is 3.67. The fourth-order valence-electron chi connectivity index (χ4n) is 2.21. The minimum absolute atomic E-state index is 0.434. The van der Waals surface area contributed by atoms with Gasteiger partial charge in [-0.15, -0.1) is 11.3 Å². The van der Waals surface area contributed by atoms with Gasteiger partial charge in [-0.3, -0.25) is 0 Å². The summed E-state index contributed by atoms with van der Waals surface area (Å²) in [5.74, 6) is 0.729. The number of hydrogen-bond donors (Lipinski definition) is 2. The lowest BCUT2D eigenvalue weighted by Crippen LogP contribution is -2.27. The molecule has 1 heterocycles. The Hall–Kier alpha value is -0.430. The molecule has 4 nitrogen and oxygen atoms in total. The highest BCUT2D eigenvalue weighted by atomic mass is 32.2. The molecule has 0 radical (unpaired) electrons. The summed E-state index contributed by atoms with van der Waals surface area (Å²) in [5.41, 5.74) is 1.04. The third kappa shape index (κ3) is 3.78. The van der Waals surface area contributed by atoms with Crippen LogP contribution in [0.5, 0.6) is 0 Å². The summed E-state index contributed by atoms with van der Waals surface area (Å²) in [5, 5.41) is 3.06. The van der Waals surface area contributed by atoms with Crippen molar-refractivity contribution in [3.63, 3.8) is 0 Å². The zero-order valence-electron chi connectivity index (χ0n) is 11.5. The first-order valence-corrected chi connectivity index (χ1v) is 9.06. The van der Waals surface area contributed by atoms with E-state index in [2.05, 4.69) is 10.0 Å². The Labute approximate surface area is 119 Å². The van der Waals surface area contributed by atoms with Gasteiger partial charge in [0.25, 0.3) is 0 Å². The van der Waals surface area contributed by atoms with E-state index in [0.717, 1.165) is 22.8 Å². The molecule has 1 aliphatic rings. The van der Waals surface area contributed by atoms with Crippen molar-refractivity contribution in [1.82, 2.24) is 10.0 Å². The first-order chi connectivity index (χ1) is 9.03. The van der Waals surface area contributed by atoms with Crippen molar-refractivity contribution in [2.75, 3.05) is 13.6 Å². The first-order valence-electron chi connectivity index (χ1n) is 6.76. The van der Waals surface area contributed by atoms with Crippen LogP contribution in [-0.2, 0) is 16.6 Å². The molecule has 6 heteroatoms. The van der Waals surface area contributed by atoms with Crippen LogP contribution in [0.25, 0.3) is 0 Å². The summed E-state index contributed by atoms with van der Waals surface area (Å²) >= 11 is 1.36. The number of hydrogen-bond acceptors (Lipinski definition) is 4. The summed E-state index contributed by atoms with van der Waals surface area (Å²) in [7, 11) is -1.45. The van der Waals surface area contributed by atoms with E-state index in [0.29, 0.717) is 17.3 Å². The Kier molecular flexibility index (Phi) is 5.00. The zero-order valence-corrected chi connectivity index (χ0v) is 13.2. The highest BCUT2D eigenvalue weighted by Gasteiger charge is 2.21. The quantitative estimate of drug-likeness (QED) is 0.812. The molecule has 2 rings (SSSR count). The predicted octanol–water partition coefficient (Wildman–Crippen LogP) is 2.24. The molecule has 0 atom stereocenters. The molecule has 1 aromatic rings. The Morgan fingerprint density at radius 1 is 1.42 bits per heavy atom. The minimum atomic E-state index is -3.32. The predicted molar refractivity (Wildman–Crippen MR) is 79.0 cm³/mol. The monoisotopic (exact) mass is 302 g/mol. The number of thiophene rings is 1. The second kappa shape index (κ2) is 6.35. The van der Waals surface area contributed by atoms with Gasteiger partial charge in [-0.25, -0.2) is 13.1 Å². The van der Waals surface area contributed by atoms with Gasteiger partial charge in [0.1, 0.15) is 4.21 Å². The molecule has 1 saturated carbocycles. The van der Waals surface area contributed by atoms with Crippen molar-refractivity contribution >= 4 is 21.4 Å². The molecule has 1 fully saturated rings. The van der Waals surface area contributed by atoms with Crippen LogP contribution >= 0.6 is 11.3 Å². The molecule has 0 unspecified atom stereocenters. The molecule has 19 heavy (non-hydrogen) atoms. The summed E-state index contributed by atoms with van der Waals surface area (Å²) in [6.45, 7) is 3.23. The van der Waals surface area contributed by atoms with E-state index in [1.54, 1.807) is 6.07 Å². The average molecular weight is 302 g/mol. The van der Waals surface area contributed by atoms with E-state index in [1.807, 2.05) is 14.0 Å². The van der Waals surface area contributed by atoms with Crippen LogP contribution in [0.1, 0.15) is 36.1 Å². The van der Waals surface area contributed by atoms with Gasteiger partial charge >= 0.3 is 0 Å². The van der Waals surface area contributed by atoms with Crippen LogP contribution in [0.15, 0.2) is 10.3 Å². The lowest BCUT2D eigenvalue weighted by atomic mass is 9.83. The largest absolute Gasteiger partial charge is 0.315 e. The Morgan fingerprint density at radius 2 is 2.16 bits per heavy atom. The highest BCUT2D eigenvalue weighted by molar-refractivity contribution is 7.91. The van der Waals surface area contributed by atoms with Crippen LogP contribution < -0.4 is 10.0 Å². The van der Waals surface area contributed by atoms with E-state index in [9.17, 15) is 8.42 Å². The Bertz CT molecular complexity index is 519. The first kappa shape index (κ1) is 15.0. The summed E-state index contributed by atoms with van der Waals surface area (Å²) < 4.78 is 27.5. The summed E-state index contributed by atoms with van der Waals surface area (Å²) in [6.07, 6.45) is 4.78. The fourth-order valence-corrected chi connectivity index (χ4v) is 4.90. The van der Waals surface area contributed by atoms with Crippen LogP contribution in [0.4, 0.5) is 0 Å². The third-order valence-corrected chi connectivity index (χ3v) is 6.84. The molecular formula is C13H22N2O2S2. The average Bonchev–Trinajstić information content (AvgIpc) is 2.66. The van der Waals surface area contributed by atoms with Crippen molar-refractivity contribution in [2.45, 2.75) is 43.4 Å². The maximum Gasteiger partial charge on any atom is 0.250 e. The molecule has 2 N–H and O–H groups in total. The summed E-state index contributed by atoms with van der Waals surface area (Å²) in [4.78, 5) is 1.09. The number of rotatable bonds is 7. The van der Waals surface area contributed by atoms with E-state index < -0.39 is 10.0 Å². The van der Waals surface area contributed by atoms with Crippen molar-refractivity contribution in [1.29, 1.82) is 0 Å². The molecule has 0 saturated heterocycles. The van der Waals surface area contributed by atoms with Crippen LogP contribution in [0, 0.1) is 12.8 Å². The number of nitrogens with one attached hydrogen (secondary N) is 2. The van der Waals surface area contributed by atoms with Crippen molar-refractivity contribution in [3.8, 4) is 0 Å². The smallest absolute Gasteiger partial charge is 0.250 e. The standard InChI is InChI=1S/C13H22N2O2S2/c1-10-8-13(18-12(10)9-14-2)19(16,17)15-7-6-11-4-3-5-11/h8,11,14-15H,3-7,9H2,1-2H3. The Morgan fingerprint density at radius 3 is 2.74 bits per heavy atom. The van der Waals surface area contributed by atoms with Gasteiger partial charge in [-0.05, 0) is 37.9 Å². The SMILES string of the molecule is CNCc1sc(S(=O)(=O)NCCC2CCC2)cc1C. The van der Waals surface area contributed by atoms with Crippen LogP contribution in [0.2, 0.25) is 0 Å². The molecular weight excluding hydrogens is 280 g/mol. The molecule has 0 aromatic carbocycles. The van der Waals surface area contributed by atoms with Gasteiger partial charge in [0, 0.05) is 18.0 Å². The molecule has 0 amide bonds. The van der Waals surface area contributed by atoms with E-state index in [1.165, 1.54) is 30.6 Å². The van der Waals surface area contributed by atoms with Crippen molar-refractivity contribution < 1.29 is 8.42 Å². The van der Waals surface area contributed by atoms with Gasteiger partial charge in [0.15, 0.2) is 0 Å². The molecule has 108 valence electrons. The maximum absolute atomic E-state index is 12.2. The van der Waals surface area contributed by atoms with Gasteiger partial charge < -0.3 is 5.32 Å². The lowest BCUT2D eigenvalue weighted by molar-refractivity contribution is 0.297. The molecule has 1 aromatic heterocycles. The molecule has 0 aliphatic heterocycles. The van der Waals surface area contributed by atoms with E-state index >= 15 is 0 Å². The lowest BCUT2D eigenvalue weighted by Gasteiger charge is -2.24. The van der Waals surface area contributed by atoms with Gasteiger partial charge in [-0.1, -0.05) is 19.3 Å². The number of sulfonamides is 1. The van der Waals surface area contributed by atoms with Crippen LogP contribution in [-0.4, -0.2) is 22.0 Å². The zero-order chi connectivity index (χ0) is 13.9. The second-order valence-electron chi connectivity index (χ2n) is 5.19.